The van der Waals surface area contributed by atoms with Crippen LogP contribution in [-0.4, -0.2) is 119 Å². The Hall–Kier alpha value is -4.77. The molecule has 9 saturated heterocycles. The predicted molar refractivity (Wildman–Crippen MR) is 171 cm³/mol. The number of anilines is 3. The molecule has 3 aromatic carbocycles. The summed E-state index contributed by atoms with van der Waals surface area (Å²) in [5, 5.41) is 71.8. The van der Waals surface area contributed by atoms with Gasteiger partial charge in [0.1, 0.15) is 18.1 Å². The number of rotatable bonds is 9. The minimum atomic E-state index is -1.25. The second-order valence-electron chi connectivity index (χ2n) is 14.1. The van der Waals surface area contributed by atoms with E-state index in [0.29, 0.717) is 17.1 Å². The molecule has 15 heteroatoms. The number of aliphatic hydroxyl groups is 3. The first-order valence-corrected chi connectivity index (χ1v) is 16.2. The number of aliphatic carboxylic acids is 3. The fourth-order valence-electron chi connectivity index (χ4n) is 8.93. The largest absolute Gasteiger partial charge is 0.480 e. The minimum Gasteiger partial charge on any atom is -0.480 e. The topological polar surface area (TPSA) is 192 Å². The van der Waals surface area contributed by atoms with Gasteiger partial charge in [-0.05, 0) is 53.1 Å². The molecule has 9 fully saturated rings. The zero-order valence-electron chi connectivity index (χ0n) is 26.1. The molecule has 6 bridgehead atoms. The molecule has 0 aliphatic carbocycles. The fourth-order valence-corrected chi connectivity index (χ4v) is 8.93. The molecule has 0 spiro atoms. The number of nitrogens with zero attached hydrogens (tertiary/aromatic N) is 6. The van der Waals surface area contributed by atoms with Crippen LogP contribution in [0.3, 0.4) is 0 Å². The lowest BCUT2D eigenvalue weighted by Crippen LogP contribution is -2.67. The Bertz CT molecular complexity index is 1680. The van der Waals surface area contributed by atoms with E-state index in [9.17, 15) is 45.0 Å². The maximum absolute atomic E-state index is 11.7. The summed E-state index contributed by atoms with van der Waals surface area (Å²) in [6.45, 7) is 0.752. The van der Waals surface area contributed by atoms with E-state index in [1.165, 1.54) is 0 Å². The number of carbonyl (C=O) groups is 3. The van der Waals surface area contributed by atoms with Gasteiger partial charge in [-0.3, -0.25) is 29.4 Å². The average Bonchev–Trinajstić information content (AvgIpc) is 3.87. The quantitative estimate of drug-likeness (QED) is 0.174. The van der Waals surface area contributed by atoms with Gasteiger partial charge in [0.05, 0.1) is 36.7 Å². The molecular weight excluding hydrogens is 636 g/mol. The van der Waals surface area contributed by atoms with E-state index in [-0.39, 0.29) is 44.8 Å². The SMILES string of the molecule is O=C(O)[C@@H]1CC2(O)CN1N2c1ccc(C(c2ccc(N3N4CC3(O)C[C@H]4C(=O)O)cc2)c2ccc(N3N4CC3(O)C[C@H]4C(=O)O)cc2)cc1. The van der Waals surface area contributed by atoms with Gasteiger partial charge in [0.15, 0.2) is 17.2 Å². The number of fused-ring (bicyclic) bond motifs is 3. The van der Waals surface area contributed by atoms with E-state index in [0.717, 1.165) is 16.7 Å². The molecule has 12 rings (SSSR count). The molecule has 0 saturated carbocycles. The van der Waals surface area contributed by atoms with Crippen molar-refractivity contribution in [3.8, 4) is 0 Å². The van der Waals surface area contributed by atoms with Crippen LogP contribution in [0.4, 0.5) is 17.1 Å². The van der Waals surface area contributed by atoms with Crippen LogP contribution in [0.5, 0.6) is 0 Å². The van der Waals surface area contributed by atoms with Crippen molar-refractivity contribution in [2.45, 2.75) is 60.5 Å². The van der Waals surface area contributed by atoms with Gasteiger partial charge in [-0.15, -0.1) is 0 Å². The number of hydrazine groups is 3. The number of carboxylic acids is 3. The van der Waals surface area contributed by atoms with Gasteiger partial charge in [0, 0.05) is 25.2 Å². The number of carboxylic acid groups (broad SMARTS) is 3. The van der Waals surface area contributed by atoms with Gasteiger partial charge in [0.25, 0.3) is 0 Å². The number of hydrogen-bond acceptors (Lipinski definition) is 12. The smallest absolute Gasteiger partial charge is 0.323 e. The third-order valence-corrected chi connectivity index (χ3v) is 11.1. The van der Waals surface area contributed by atoms with Crippen molar-refractivity contribution in [1.29, 1.82) is 0 Å². The summed E-state index contributed by atoms with van der Waals surface area (Å²) in [6, 6.07) is 20.3. The molecule has 3 aromatic rings. The normalized spacial score (nSPS) is 36.9. The van der Waals surface area contributed by atoms with Crippen LogP contribution >= 0.6 is 0 Å². The van der Waals surface area contributed by atoms with Crippen molar-refractivity contribution in [2.24, 2.45) is 0 Å². The van der Waals surface area contributed by atoms with Crippen LogP contribution < -0.4 is 15.0 Å². The van der Waals surface area contributed by atoms with Crippen molar-refractivity contribution >= 4 is 35.0 Å². The van der Waals surface area contributed by atoms with Crippen molar-refractivity contribution in [1.82, 2.24) is 15.0 Å². The summed E-state index contributed by atoms with van der Waals surface area (Å²) in [5.41, 5.74) is 0.967. The summed E-state index contributed by atoms with van der Waals surface area (Å²) in [4.78, 5) is 35.2. The first-order chi connectivity index (χ1) is 23.3. The van der Waals surface area contributed by atoms with Gasteiger partial charge in [-0.2, -0.15) is 15.0 Å². The van der Waals surface area contributed by atoms with Crippen LogP contribution in [0.15, 0.2) is 72.8 Å². The van der Waals surface area contributed by atoms with Crippen LogP contribution in [0.1, 0.15) is 41.9 Å². The molecule has 9 heterocycles. The average molecular weight is 671 g/mol. The van der Waals surface area contributed by atoms with Gasteiger partial charge in [-0.1, -0.05) is 36.4 Å². The molecular formula is C34H34N6O9. The summed E-state index contributed by atoms with van der Waals surface area (Å²) in [5.74, 6) is -3.25. The lowest BCUT2D eigenvalue weighted by molar-refractivity contribution is -0.144. The second-order valence-corrected chi connectivity index (χ2v) is 14.1. The highest BCUT2D eigenvalue weighted by Gasteiger charge is 2.65. The highest BCUT2D eigenvalue weighted by atomic mass is 16.4. The van der Waals surface area contributed by atoms with Gasteiger partial charge in [-0.25, -0.2) is 0 Å². The zero-order chi connectivity index (χ0) is 34.2. The highest BCUT2D eigenvalue weighted by molar-refractivity contribution is 5.78. The third-order valence-electron chi connectivity index (χ3n) is 11.1. The molecule has 6 unspecified atom stereocenters. The van der Waals surface area contributed by atoms with E-state index in [1.54, 1.807) is 30.1 Å². The highest BCUT2D eigenvalue weighted by Crippen LogP contribution is 2.49. The molecule has 0 amide bonds. The van der Waals surface area contributed by atoms with Crippen LogP contribution in [0, 0.1) is 0 Å². The summed E-state index contributed by atoms with van der Waals surface area (Å²) in [7, 11) is 0. The minimum absolute atomic E-state index is 0.110. The zero-order valence-corrected chi connectivity index (χ0v) is 26.1. The Balaban J connectivity index is 1.04. The molecule has 254 valence electrons. The fraction of sp³-hybridized carbons (Fsp3) is 0.382. The Kier molecular flexibility index (Phi) is 6.12. The Morgan fingerprint density at radius 2 is 0.735 bits per heavy atom. The Morgan fingerprint density at radius 1 is 0.490 bits per heavy atom. The lowest BCUT2D eigenvalue weighted by Gasteiger charge is -2.50. The van der Waals surface area contributed by atoms with E-state index < -0.39 is 53.2 Å². The third kappa shape index (κ3) is 4.14. The second kappa shape index (κ2) is 9.90. The van der Waals surface area contributed by atoms with E-state index >= 15 is 0 Å². The van der Waals surface area contributed by atoms with Crippen molar-refractivity contribution < 1.29 is 45.0 Å². The van der Waals surface area contributed by atoms with Crippen LogP contribution in [-0.2, 0) is 14.4 Å². The van der Waals surface area contributed by atoms with E-state index in [4.69, 9.17) is 0 Å². The molecule has 6 N–H and O–H groups in total. The lowest BCUT2D eigenvalue weighted by atomic mass is 9.84. The molecule has 0 aromatic heterocycles. The monoisotopic (exact) mass is 670 g/mol. The number of hydrogen-bond donors (Lipinski definition) is 6. The maximum atomic E-state index is 11.7. The Morgan fingerprint density at radius 3 is 0.939 bits per heavy atom. The first kappa shape index (κ1) is 30.3. The van der Waals surface area contributed by atoms with Crippen LogP contribution in [0.2, 0.25) is 0 Å². The number of benzene rings is 3. The molecule has 15 nitrogen and oxygen atoms in total. The molecule has 0 radical (unpaired) electrons. The van der Waals surface area contributed by atoms with Gasteiger partial charge < -0.3 is 30.6 Å². The summed E-state index contributed by atoms with van der Waals surface area (Å²) in [6.07, 6.45) is 0.330. The van der Waals surface area contributed by atoms with Gasteiger partial charge >= 0.3 is 17.9 Å². The van der Waals surface area contributed by atoms with E-state index in [2.05, 4.69) is 0 Å². The maximum Gasteiger partial charge on any atom is 0.323 e. The molecule has 49 heavy (non-hydrogen) atoms. The Labute approximate surface area is 279 Å². The van der Waals surface area contributed by atoms with Crippen molar-refractivity contribution in [3.05, 3.63) is 89.5 Å². The summed E-state index contributed by atoms with van der Waals surface area (Å²) < 4.78 is 0. The summed E-state index contributed by atoms with van der Waals surface area (Å²) >= 11 is 0. The molecule has 9 aliphatic rings. The van der Waals surface area contributed by atoms with Crippen LogP contribution in [0.25, 0.3) is 0 Å². The van der Waals surface area contributed by atoms with Crippen molar-refractivity contribution in [3.63, 3.8) is 0 Å². The standard InChI is InChI=1S/C34H34N6O9/c41-29(42)25-13-32(47)16-35(25)38(32)22-7-1-19(2-8-22)28(20-3-9-23(10-4-20)39-33(48)14-26(30(43)44)36(39)17-33)21-5-11-24(12-6-21)40-34(49)15-27(31(45)46)37(40)18-34/h1-12,25-28,47-49H,13-18H2,(H,41,42)(H,43,44)(H,45,46)/t25-,26-,27-,28?,32?,33?,34?/m0/s1. The van der Waals surface area contributed by atoms with Crippen molar-refractivity contribution in [2.75, 3.05) is 34.7 Å². The first-order valence-electron chi connectivity index (χ1n) is 16.2. The molecule has 9 aliphatic heterocycles. The molecule has 9 atom stereocenters. The van der Waals surface area contributed by atoms with E-state index in [1.807, 2.05) is 72.8 Å². The van der Waals surface area contributed by atoms with Gasteiger partial charge in [0.2, 0.25) is 0 Å². The predicted octanol–water partition coefficient (Wildman–Crippen LogP) is 0.614.